The van der Waals surface area contributed by atoms with E-state index in [2.05, 4.69) is 31.4 Å². The number of ether oxygens (including phenoxy) is 2. The highest BCUT2D eigenvalue weighted by molar-refractivity contribution is 5.90. The first-order chi connectivity index (χ1) is 13.2. The van der Waals surface area contributed by atoms with Crippen LogP contribution in [0, 0.1) is 5.41 Å². The van der Waals surface area contributed by atoms with E-state index >= 15 is 0 Å². The lowest BCUT2D eigenvalue weighted by Crippen LogP contribution is -2.52. The molecule has 0 bridgehead atoms. The first-order valence-electron chi connectivity index (χ1n) is 9.38. The fourth-order valence-electron chi connectivity index (χ4n) is 2.59. The third kappa shape index (κ3) is 8.99. The maximum Gasteiger partial charge on any atom is 0.328 e. The van der Waals surface area contributed by atoms with Crippen LogP contribution in [0.1, 0.15) is 39.2 Å². The molecule has 0 saturated heterocycles. The molecule has 2 N–H and O–H groups in total. The number of amides is 1. The molecule has 2 atom stereocenters. The van der Waals surface area contributed by atoms with Crippen LogP contribution >= 0.6 is 0 Å². The number of benzene rings is 1. The molecule has 7 heteroatoms. The smallest absolute Gasteiger partial charge is 0.328 e. The predicted octanol–water partition coefficient (Wildman–Crippen LogP) is 1.84. The van der Waals surface area contributed by atoms with Crippen molar-refractivity contribution in [1.82, 2.24) is 10.6 Å². The minimum absolute atomic E-state index is 0.0845. The molecule has 156 valence electrons. The van der Waals surface area contributed by atoms with Crippen molar-refractivity contribution in [3.8, 4) is 0 Å². The maximum atomic E-state index is 12.8. The van der Waals surface area contributed by atoms with E-state index in [0.29, 0.717) is 13.0 Å². The Balaban J connectivity index is 2.83. The number of methoxy groups -OCH3 is 2. The second-order valence-corrected chi connectivity index (χ2v) is 7.87. The monoisotopic (exact) mass is 392 g/mol. The number of hydrogen-bond acceptors (Lipinski definition) is 6. The molecule has 2 unspecified atom stereocenters. The molecule has 0 aliphatic heterocycles. The van der Waals surface area contributed by atoms with Crippen LogP contribution in [0.2, 0.25) is 0 Å². The fraction of sp³-hybridized carbons (Fsp3) is 0.571. The van der Waals surface area contributed by atoms with Crippen molar-refractivity contribution >= 4 is 17.8 Å². The van der Waals surface area contributed by atoms with Crippen molar-refractivity contribution in [2.75, 3.05) is 20.8 Å². The number of esters is 2. The van der Waals surface area contributed by atoms with Crippen molar-refractivity contribution in [3.63, 3.8) is 0 Å². The van der Waals surface area contributed by atoms with Gasteiger partial charge in [0.15, 0.2) is 0 Å². The Hall–Kier alpha value is -2.41. The number of nitrogens with one attached hydrogen (secondary N) is 2. The van der Waals surface area contributed by atoms with Crippen LogP contribution in [0.25, 0.3) is 0 Å². The van der Waals surface area contributed by atoms with Gasteiger partial charge in [0.2, 0.25) is 5.91 Å². The zero-order valence-electron chi connectivity index (χ0n) is 17.4. The quantitative estimate of drug-likeness (QED) is 0.590. The van der Waals surface area contributed by atoms with E-state index in [1.165, 1.54) is 14.2 Å². The summed E-state index contributed by atoms with van der Waals surface area (Å²) < 4.78 is 9.52. The lowest BCUT2D eigenvalue weighted by molar-refractivity contribution is -0.146. The van der Waals surface area contributed by atoms with Crippen LogP contribution in [0.5, 0.6) is 0 Å². The minimum atomic E-state index is -0.843. The first kappa shape index (κ1) is 23.6. The summed E-state index contributed by atoms with van der Waals surface area (Å²) in [5.74, 6) is -1.48. The fourth-order valence-corrected chi connectivity index (χ4v) is 2.59. The molecular formula is C21H32N2O5. The molecule has 0 saturated carbocycles. The summed E-state index contributed by atoms with van der Waals surface area (Å²) in [5, 5.41) is 5.81. The van der Waals surface area contributed by atoms with E-state index in [9.17, 15) is 14.4 Å². The Morgan fingerprint density at radius 1 is 1.00 bits per heavy atom. The Morgan fingerprint density at radius 2 is 1.64 bits per heavy atom. The molecule has 1 aromatic carbocycles. The van der Waals surface area contributed by atoms with Crippen LogP contribution < -0.4 is 10.6 Å². The predicted molar refractivity (Wildman–Crippen MR) is 107 cm³/mol. The van der Waals surface area contributed by atoms with E-state index < -0.39 is 29.9 Å². The van der Waals surface area contributed by atoms with Crippen LogP contribution in [0.15, 0.2) is 30.3 Å². The van der Waals surface area contributed by atoms with E-state index in [-0.39, 0.29) is 11.8 Å². The summed E-state index contributed by atoms with van der Waals surface area (Å²) in [4.78, 5) is 36.7. The van der Waals surface area contributed by atoms with Gasteiger partial charge in [-0.15, -0.1) is 0 Å². The average molecular weight is 392 g/mol. The van der Waals surface area contributed by atoms with Gasteiger partial charge in [0, 0.05) is 6.42 Å². The molecular weight excluding hydrogens is 360 g/mol. The van der Waals surface area contributed by atoms with Crippen molar-refractivity contribution in [2.24, 2.45) is 5.41 Å². The molecule has 0 aliphatic rings. The molecule has 1 rings (SSSR count). The van der Waals surface area contributed by atoms with E-state index in [1.807, 2.05) is 30.3 Å². The van der Waals surface area contributed by atoms with Crippen LogP contribution in [0.3, 0.4) is 0 Å². The minimum Gasteiger partial charge on any atom is -0.469 e. The summed E-state index contributed by atoms with van der Waals surface area (Å²) in [5.41, 5.74) is 0.977. The van der Waals surface area contributed by atoms with Crippen molar-refractivity contribution in [1.29, 1.82) is 0 Å². The average Bonchev–Trinajstić information content (AvgIpc) is 2.65. The standard InChI is InChI=1S/C21H32N2O5/c1-21(2,3)11-12-22-16(14-18(24)27-4)19(25)23-17(20(26)28-5)13-15-9-7-6-8-10-15/h6-10,16-17,22H,11-14H2,1-5H3,(H,23,25). The zero-order valence-corrected chi connectivity index (χ0v) is 17.4. The molecule has 0 aliphatic carbocycles. The lowest BCUT2D eigenvalue weighted by Gasteiger charge is -2.24. The number of carbonyl (C=O) groups is 3. The molecule has 0 fully saturated rings. The summed E-state index contributed by atoms with van der Waals surface area (Å²) >= 11 is 0. The third-order valence-corrected chi connectivity index (χ3v) is 4.27. The number of rotatable bonds is 10. The van der Waals surface area contributed by atoms with E-state index in [4.69, 9.17) is 9.47 Å². The van der Waals surface area contributed by atoms with Gasteiger partial charge in [0.05, 0.1) is 26.7 Å². The third-order valence-electron chi connectivity index (χ3n) is 4.27. The molecule has 0 aromatic heterocycles. The van der Waals surface area contributed by atoms with Gasteiger partial charge in [0.1, 0.15) is 6.04 Å². The second kappa shape index (κ2) is 11.4. The SMILES string of the molecule is COC(=O)CC(NCCC(C)(C)C)C(=O)NC(Cc1ccccc1)C(=O)OC. The highest BCUT2D eigenvalue weighted by Crippen LogP contribution is 2.17. The van der Waals surface area contributed by atoms with Crippen LogP contribution in [0.4, 0.5) is 0 Å². The Labute approximate surface area is 167 Å². The van der Waals surface area contributed by atoms with Crippen LogP contribution in [-0.2, 0) is 30.3 Å². The Morgan fingerprint density at radius 3 is 2.18 bits per heavy atom. The van der Waals surface area contributed by atoms with Gasteiger partial charge >= 0.3 is 11.9 Å². The molecule has 28 heavy (non-hydrogen) atoms. The number of hydrogen-bond donors (Lipinski definition) is 2. The Bertz CT molecular complexity index is 640. The second-order valence-electron chi connectivity index (χ2n) is 7.87. The largest absolute Gasteiger partial charge is 0.469 e. The summed E-state index contributed by atoms with van der Waals surface area (Å²) in [6.07, 6.45) is 1.00. The molecule has 1 amide bonds. The maximum absolute atomic E-state index is 12.8. The zero-order chi connectivity index (χ0) is 21.2. The topological polar surface area (TPSA) is 93.7 Å². The molecule has 1 aromatic rings. The van der Waals surface area contributed by atoms with Gasteiger partial charge in [-0.05, 0) is 23.9 Å². The summed E-state index contributed by atoms with van der Waals surface area (Å²) in [6.45, 7) is 6.84. The van der Waals surface area contributed by atoms with Crippen molar-refractivity contribution in [2.45, 2.75) is 52.1 Å². The summed E-state index contributed by atoms with van der Waals surface area (Å²) in [7, 11) is 2.55. The highest BCUT2D eigenvalue weighted by Gasteiger charge is 2.28. The van der Waals surface area contributed by atoms with Crippen molar-refractivity contribution in [3.05, 3.63) is 35.9 Å². The lowest BCUT2D eigenvalue weighted by atomic mass is 9.92. The van der Waals surface area contributed by atoms with Gasteiger partial charge in [-0.3, -0.25) is 9.59 Å². The molecule has 7 nitrogen and oxygen atoms in total. The highest BCUT2D eigenvalue weighted by atomic mass is 16.5. The molecule has 0 heterocycles. The van der Waals surface area contributed by atoms with E-state index in [1.54, 1.807) is 0 Å². The first-order valence-corrected chi connectivity index (χ1v) is 9.38. The summed E-state index contributed by atoms with van der Waals surface area (Å²) in [6, 6.07) is 7.70. The van der Waals surface area contributed by atoms with Gasteiger partial charge in [-0.2, -0.15) is 0 Å². The molecule has 0 spiro atoms. The Kier molecular flexibility index (Phi) is 9.65. The van der Waals surface area contributed by atoms with Gasteiger partial charge in [-0.1, -0.05) is 51.1 Å². The van der Waals surface area contributed by atoms with Gasteiger partial charge < -0.3 is 20.1 Å². The molecule has 0 radical (unpaired) electrons. The van der Waals surface area contributed by atoms with Crippen LogP contribution in [-0.4, -0.2) is 50.7 Å². The normalized spacial score (nSPS) is 13.3. The van der Waals surface area contributed by atoms with Gasteiger partial charge in [-0.25, -0.2) is 4.79 Å². The number of carbonyl (C=O) groups excluding carboxylic acids is 3. The van der Waals surface area contributed by atoms with E-state index in [0.717, 1.165) is 12.0 Å². The van der Waals surface area contributed by atoms with Crippen molar-refractivity contribution < 1.29 is 23.9 Å². The van der Waals surface area contributed by atoms with Gasteiger partial charge in [0.25, 0.3) is 0 Å².